The maximum Gasteiger partial charge on any atom is 0.251 e. The maximum absolute atomic E-state index is 13.5. The van der Waals surface area contributed by atoms with E-state index >= 15 is 0 Å². The van der Waals surface area contributed by atoms with E-state index in [-0.39, 0.29) is 47.3 Å². The number of rotatable bonds is 11. The van der Waals surface area contributed by atoms with Gasteiger partial charge in [-0.15, -0.1) is 0 Å². The van der Waals surface area contributed by atoms with Crippen LogP contribution >= 0.6 is 0 Å². The first-order valence-corrected chi connectivity index (χ1v) is 13.1. The molecule has 0 spiro atoms. The third-order valence-corrected chi connectivity index (χ3v) is 6.30. The van der Waals surface area contributed by atoms with Crippen molar-refractivity contribution in [3.8, 4) is 11.3 Å². The van der Waals surface area contributed by atoms with Crippen molar-refractivity contribution < 1.29 is 14.0 Å². The molecule has 0 radical (unpaired) electrons. The number of nitrogen functional groups attached to an aromatic ring is 2. The van der Waals surface area contributed by atoms with E-state index in [2.05, 4.69) is 16.1 Å². The summed E-state index contributed by atoms with van der Waals surface area (Å²) >= 11 is 0. The van der Waals surface area contributed by atoms with Crippen LogP contribution in [0.2, 0.25) is 0 Å². The number of anilines is 2. The van der Waals surface area contributed by atoms with Gasteiger partial charge in [0.1, 0.15) is 23.5 Å². The van der Waals surface area contributed by atoms with Gasteiger partial charge in [0.15, 0.2) is 0 Å². The van der Waals surface area contributed by atoms with Gasteiger partial charge in [-0.05, 0) is 29.3 Å². The number of nitrogens with zero attached hydrogens (tertiary/aromatic N) is 1. The summed E-state index contributed by atoms with van der Waals surface area (Å²) in [6.07, 6.45) is 0.991. The highest BCUT2D eigenvalue weighted by atomic mass is 16.3. The van der Waals surface area contributed by atoms with Gasteiger partial charge in [-0.2, -0.15) is 0 Å². The first-order valence-electron chi connectivity index (χ1n) is 13.1. The van der Waals surface area contributed by atoms with Crippen molar-refractivity contribution in [2.24, 2.45) is 5.73 Å². The Morgan fingerprint density at radius 1 is 0.905 bits per heavy atom. The molecule has 11 heteroatoms. The number of hydrogen-bond acceptors (Lipinski definition) is 8. The lowest BCUT2D eigenvalue weighted by molar-refractivity contribution is -0.120. The summed E-state index contributed by atoms with van der Waals surface area (Å²) in [6, 6.07) is 21.1. The Morgan fingerprint density at radius 2 is 1.57 bits per heavy atom. The third kappa shape index (κ3) is 7.61. The van der Waals surface area contributed by atoms with Crippen molar-refractivity contribution in [2.75, 3.05) is 25.3 Å². The molecular formula is C31H33N7O4. The summed E-state index contributed by atoms with van der Waals surface area (Å²) in [7, 11) is 3.44. The number of amidine groups is 1. The van der Waals surface area contributed by atoms with E-state index in [1.165, 1.54) is 12.3 Å². The quantitative estimate of drug-likeness (QED) is 0.0693. The summed E-state index contributed by atoms with van der Waals surface area (Å²) in [5.41, 5.74) is 17.6. The zero-order chi connectivity index (χ0) is 30.2. The molecule has 0 unspecified atom stereocenters. The second-order valence-electron chi connectivity index (χ2n) is 9.87. The Bertz CT molecular complexity index is 1650. The molecule has 0 saturated heterocycles. The standard InChI is InChI=1S/C31H33N7O4/c1-38(2)37-26-18-42-29(22-12-23(14-24(32)13-22)31(41)36-17-19-6-4-3-5-7-19)25(28(26)40)15-27(39)35-16-20-8-10-21(11-9-20)30(33)34/h3-14,18,37H,15-17,32H2,1-2H3,(H3,33,34)(H,35,39)(H,36,41). The minimum atomic E-state index is -0.427. The molecule has 0 bridgehead atoms. The summed E-state index contributed by atoms with van der Waals surface area (Å²) in [5, 5.41) is 14.8. The Kier molecular flexibility index (Phi) is 9.35. The van der Waals surface area contributed by atoms with Crippen molar-refractivity contribution >= 4 is 29.0 Å². The third-order valence-electron chi connectivity index (χ3n) is 6.30. The SMILES string of the molecule is CN(C)Nc1coc(-c2cc(N)cc(C(=O)NCc3ccccc3)c2)c(CC(=O)NCc2ccc(C(=N)N)cc2)c1=O. The first kappa shape index (κ1) is 29.6. The second kappa shape index (κ2) is 13.3. The van der Waals surface area contributed by atoms with E-state index in [1.807, 2.05) is 30.3 Å². The lowest BCUT2D eigenvalue weighted by atomic mass is 10.0. The Hall–Kier alpha value is -5.42. The van der Waals surface area contributed by atoms with Crippen LogP contribution in [0.1, 0.15) is 32.6 Å². The molecule has 216 valence electrons. The van der Waals surface area contributed by atoms with Crippen LogP contribution < -0.4 is 33.0 Å². The highest BCUT2D eigenvalue weighted by molar-refractivity contribution is 5.97. The molecule has 1 heterocycles. The summed E-state index contributed by atoms with van der Waals surface area (Å²) in [4.78, 5) is 39.5. The molecule has 1 aromatic heterocycles. The van der Waals surface area contributed by atoms with E-state index in [1.54, 1.807) is 55.5 Å². The predicted octanol–water partition coefficient (Wildman–Crippen LogP) is 2.85. The minimum Gasteiger partial charge on any atom is -0.462 e. The number of carbonyl (C=O) groups is 2. The normalized spacial score (nSPS) is 10.7. The first-order chi connectivity index (χ1) is 20.1. The van der Waals surface area contributed by atoms with Gasteiger partial charge < -0.3 is 31.9 Å². The highest BCUT2D eigenvalue weighted by Crippen LogP contribution is 2.27. The number of carbonyl (C=O) groups excluding carboxylic acids is 2. The Balaban J connectivity index is 1.60. The molecule has 0 saturated carbocycles. The summed E-state index contributed by atoms with van der Waals surface area (Å²) in [6.45, 7) is 0.532. The average molecular weight is 568 g/mol. The van der Waals surface area contributed by atoms with E-state index < -0.39 is 11.3 Å². The zero-order valence-corrected chi connectivity index (χ0v) is 23.4. The van der Waals surface area contributed by atoms with Crippen molar-refractivity contribution in [1.29, 1.82) is 5.41 Å². The van der Waals surface area contributed by atoms with Crippen LogP contribution in [-0.4, -0.2) is 36.8 Å². The van der Waals surface area contributed by atoms with E-state index in [4.69, 9.17) is 21.3 Å². The lowest BCUT2D eigenvalue weighted by Gasteiger charge is -2.16. The second-order valence-corrected chi connectivity index (χ2v) is 9.87. The molecule has 0 fully saturated rings. The number of nitrogens with one attached hydrogen (secondary N) is 4. The molecule has 11 nitrogen and oxygen atoms in total. The van der Waals surface area contributed by atoms with Gasteiger partial charge in [-0.25, -0.2) is 5.01 Å². The highest BCUT2D eigenvalue weighted by Gasteiger charge is 2.21. The minimum absolute atomic E-state index is 0.0468. The van der Waals surface area contributed by atoms with Crippen LogP contribution in [0.3, 0.4) is 0 Å². The van der Waals surface area contributed by atoms with Gasteiger partial charge in [0, 0.05) is 49.6 Å². The maximum atomic E-state index is 13.5. The molecule has 0 aliphatic carbocycles. The molecule has 3 aromatic carbocycles. The van der Waals surface area contributed by atoms with Crippen LogP contribution in [0.25, 0.3) is 11.3 Å². The Labute approximate surface area is 243 Å². The van der Waals surface area contributed by atoms with Gasteiger partial charge in [0.25, 0.3) is 5.91 Å². The number of benzene rings is 3. The van der Waals surface area contributed by atoms with Crippen LogP contribution in [0.5, 0.6) is 0 Å². The lowest BCUT2D eigenvalue weighted by Crippen LogP contribution is -2.30. The Morgan fingerprint density at radius 3 is 2.24 bits per heavy atom. The average Bonchev–Trinajstić information content (AvgIpc) is 2.97. The topological polar surface area (TPSA) is 180 Å². The van der Waals surface area contributed by atoms with Gasteiger partial charge in [-0.3, -0.25) is 19.8 Å². The number of amides is 2. The molecular weight excluding hydrogens is 534 g/mol. The summed E-state index contributed by atoms with van der Waals surface area (Å²) in [5.74, 6) is -0.675. The smallest absolute Gasteiger partial charge is 0.251 e. The largest absolute Gasteiger partial charge is 0.462 e. The van der Waals surface area contributed by atoms with Crippen molar-refractivity contribution in [3.63, 3.8) is 0 Å². The zero-order valence-electron chi connectivity index (χ0n) is 23.4. The van der Waals surface area contributed by atoms with E-state index in [0.717, 1.165) is 11.1 Å². The molecule has 4 rings (SSSR count). The molecule has 0 aliphatic rings. The molecule has 0 aliphatic heterocycles. The number of hydrazine groups is 1. The van der Waals surface area contributed by atoms with Crippen LogP contribution in [0.15, 0.2) is 88.3 Å². The molecule has 42 heavy (non-hydrogen) atoms. The van der Waals surface area contributed by atoms with E-state index in [9.17, 15) is 14.4 Å². The summed E-state index contributed by atoms with van der Waals surface area (Å²) < 4.78 is 5.89. The fraction of sp³-hybridized carbons (Fsp3) is 0.161. The van der Waals surface area contributed by atoms with Crippen LogP contribution in [-0.2, 0) is 24.3 Å². The fourth-order valence-corrected chi connectivity index (χ4v) is 4.25. The van der Waals surface area contributed by atoms with Gasteiger partial charge in [0.2, 0.25) is 11.3 Å². The molecule has 4 aromatic rings. The van der Waals surface area contributed by atoms with Crippen molar-refractivity contribution in [1.82, 2.24) is 15.6 Å². The van der Waals surface area contributed by atoms with Gasteiger partial charge in [0.05, 0.1) is 12.0 Å². The predicted molar refractivity (Wildman–Crippen MR) is 163 cm³/mol. The number of hydrogen-bond donors (Lipinski definition) is 6. The van der Waals surface area contributed by atoms with Crippen molar-refractivity contribution in [3.05, 3.63) is 117 Å². The van der Waals surface area contributed by atoms with Crippen LogP contribution in [0.4, 0.5) is 11.4 Å². The van der Waals surface area contributed by atoms with Crippen LogP contribution in [0, 0.1) is 5.41 Å². The van der Waals surface area contributed by atoms with Gasteiger partial charge in [-0.1, -0.05) is 54.6 Å². The number of nitrogens with two attached hydrogens (primary N) is 2. The monoisotopic (exact) mass is 567 g/mol. The van der Waals surface area contributed by atoms with Crippen molar-refractivity contribution in [2.45, 2.75) is 19.5 Å². The molecule has 8 N–H and O–H groups in total. The fourth-order valence-electron chi connectivity index (χ4n) is 4.25. The van der Waals surface area contributed by atoms with E-state index in [0.29, 0.717) is 23.4 Å². The van der Waals surface area contributed by atoms with Gasteiger partial charge >= 0.3 is 0 Å². The molecule has 2 amide bonds. The molecule has 0 atom stereocenters.